The van der Waals surface area contributed by atoms with E-state index in [4.69, 9.17) is 5.84 Å². The Morgan fingerprint density at radius 2 is 2.00 bits per heavy atom. The molecule has 0 heterocycles. The molecule has 17 heavy (non-hydrogen) atoms. The van der Waals surface area contributed by atoms with E-state index in [2.05, 4.69) is 0 Å². The first kappa shape index (κ1) is 13.7. The van der Waals surface area contributed by atoms with Crippen molar-refractivity contribution < 1.29 is 9.90 Å². The van der Waals surface area contributed by atoms with E-state index in [9.17, 15) is 9.90 Å². The van der Waals surface area contributed by atoms with E-state index in [1.54, 1.807) is 19.9 Å². The van der Waals surface area contributed by atoms with Crippen molar-refractivity contribution in [1.29, 1.82) is 0 Å². The molecule has 0 aliphatic carbocycles. The minimum absolute atomic E-state index is 0.349. The van der Waals surface area contributed by atoms with Crippen molar-refractivity contribution in [2.45, 2.75) is 39.2 Å². The molecule has 0 bridgehead atoms. The predicted octanol–water partition coefficient (Wildman–Crippen LogP) is 1.75. The zero-order valence-corrected chi connectivity index (χ0v) is 10.6. The minimum Gasteiger partial charge on any atom is -0.380 e. The number of hydrogen-bond donors (Lipinski definition) is 2. The molecule has 0 aliphatic rings. The molecular formula is C13H20N2O2. The van der Waals surface area contributed by atoms with Crippen LogP contribution in [0.4, 0.5) is 5.69 Å². The number of carbonyl (C=O) groups is 1. The van der Waals surface area contributed by atoms with Crippen molar-refractivity contribution in [1.82, 2.24) is 0 Å². The van der Waals surface area contributed by atoms with Crippen LogP contribution >= 0.6 is 0 Å². The second-order valence-corrected chi connectivity index (χ2v) is 4.25. The number of nitrogens with zero attached hydrogens (tertiary/aromatic N) is 1. The quantitative estimate of drug-likeness (QED) is 0.475. The number of anilines is 1. The van der Waals surface area contributed by atoms with Gasteiger partial charge in [-0.1, -0.05) is 26.0 Å². The Kier molecular flexibility index (Phi) is 4.26. The van der Waals surface area contributed by atoms with E-state index >= 15 is 0 Å². The number of benzene rings is 1. The maximum atomic E-state index is 12.1. The highest BCUT2D eigenvalue weighted by Gasteiger charge is 2.35. The molecule has 4 nitrogen and oxygen atoms in total. The average molecular weight is 236 g/mol. The van der Waals surface area contributed by atoms with Crippen LogP contribution in [0.25, 0.3) is 0 Å². The van der Waals surface area contributed by atoms with Gasteiger partial charge in [-0.2, -0.15) is 0 Å². The summed E-state index contributed by atoms with van der Waals surface area (Å²) in [7, 11) is 0. The smallest absolute Gasteiger partial charge is 0.273 e. The standard InChI is InChI=1S/C13H20N2O2/c1-4-13(17,5-2)12(16)15(14)11-8-6-7-10(3)9-11/h6-9,17H,4-5,14H2,1-3H3. The van der Waals surface area contributed by atoms with Crippen molar-refractivity contribution in [2.24, 2.45) is 5.84 Å². The molecule has 0 spiro atoms. The first-order valence-corrected chi connectivity index (χ1v) is 5.83. The first-order chi connectivity index (χ1) is 7.94. The van der Waals surface area contributed by atoms with Crippen molar-refractivity contribution >= 4 is 11.6 Å². The number of amides is 1. The summed E-state index contributed by atoms with van der Waals surface area (Å²) in [5.41, 5.74) is 0.232. The minimum atomic E-state index is -1.38. The van der Waals surface area contributed by atoms with Gasteiger partial charge < -0.3 is 5.11 Å². The molecule has 0 unspecified atom stereocenters. The topological polar surface area (TPSA) is 66.6 Å². The summed E-state index contributed by atoms with van der Waals surface area (Å²) in [4.78, 5) is 12.1. The van der Waals surface area contributed by atoms with Gasteiger partial charge in [0.25, 0.3) is 5.91 Å². The van der Waals surface area contributed by atoms with Gasteiger partial charge in [0.1, 0.15) is 5.60 Å². The third-order valence-corrected chi connectivity index (χ3v) is 3.07. The molecule has 3 N–H and O–H groups in total. The Bertz CT molecular complexity index is 400. The van der Waals surface area contributed by atoms with Crippen LogP contribution < -0.4 is 10.9 Å². The first-order valence-electron chi connectivity index (χ1n) is 5.83. The van der Waals surface area contributed by atoms with Crippen LogP contribution in [-0.4, -0.2) is 16.6 Å². The number of aryl methyl sites for hydroxylation is 1. The van der Waals surface area contributed by atoms with E-state index in [-0.39, 0.29) is 0 Å². The summed E-state index contributed by atoms with van der Waals surface area (Å²) >= 11 is 0. The normalized spacial score (nSPS) is 11.4. The predicted molar refractivity (Wildman–Crippen MR) is 68.4 cm³/mol. The SMILES string of the molecule is CCC(O)(CC)C(=O)N(N)c1cccc(C)c1. The molecule has 1 rings (SSSR count). The second kappa shape index (κ2) is 5.29. The zero-order valence-electron chi connectivity index (χ0n) is 10.6. The fourth-order valence-corrected chi connectivity index (χ4v) is 1.67. The lowest BCUT2D eigenvalue weighted by Gasteiger charge is -2.29. The Labute approximate surface area is 102 Å². The molecule has 0 fully saturated rings. The van der Waals surface area contributed by atoms with E-state index in [1.807, 2.05) is 25.1 Å². The van der Waals surface area contributed by atoms with Crippen LogP contribution in [0.1, 0.15) is 32.3 Å². The zero-order chi connectivity index (χ0) is 13.1. The number of carbonyl (C=O) groups excluding carboxylic acids is 1. The number of hydrogen-bond acceptors (Lipinski definition) is 3. The molecule has 0 radical (unpaired) electrons. The fraction of sp³-hybridized carbons (Fsp3) is 0.462. The molecule has 4 heteroatoms. The third kappa shape index (κ3) is 2.84. The van der Waals surface area contributed by atoms with E-state index in [1.165, 1.54) is 0 Å². The number of hydrazine groups is 1. The van der Waals surface area contributed by atoms with Gasteiger partial charge in [0.2, 0.25) is 0 Å². The van der Waals surface area contributed by atoms with Gasteiger partial charge in [-0.05, 0) is 37.5 Å². The van der Waals surface area contributed by atoms with Crippen LogP contribution in [-0.2, 0) is 4.79 Å². The second-order valence-electron chi connectivity index (χ2n) is 4.25. The molecule has 1 amide bonds. The van der Waals surface area contributed by atoms with Crippen LogP contribution in [0.3, 0.4) is 0 Å². The number of rotatable bonds is 4. The van der Waals surface area contributed by atoms with Gasteiger partial charge in [-0.25, -0.2) is 10.9 Å². The molecular weight excluding hydrogens is 216 g/mol. The number of aliphatic hydroxyl groups is 1. The summed E-state index contributed by atoms with van der Waals surface area (Å²) in [6, 6.07) is 7.31. The lowest BCUT2D eigenvalue weighted by molar-refractivity contribution is -0.137. The Hall–Kier alpha value is -1.39. The molecule has 1 aromatic rings. The molecule has 0 atom stereocenters. The Morgan fingerprint density at radius 3 is 2.47 bits per heavy atom. The monoisotopic (exact) mass is 236 g/mol. The Morgan fingerprint density at radius 1 is 1.41 bits per heavy atom. The maximum Gasteiger partial charge on any atom is 0.273 e. The lowest BCUT2D eigenvalue weighted by Crippen LogP contribution is -2.51. The van der Waals surface area contributed by atoms with Crippen molar-refractivity contribution in [3.05, 3.63) is 29.8 Å². The third-order valence-electron chi connectivity index (χ3n) is 3.07. The summed E-state index contributed by atoms with van der Waals surface area (Å²) in [5.74, 6) is 5.30. The van der Waals surface area contributed by atoms with Gasteiger partial charge in [0.15, 0.2) is 0 Å². The summed E-state index contributed by atoms with van der Waals surface area (Å²) in [6.45, 7) is 5.46. The van der Waals surface area contributed by atoms with E-state index in [0.717, 1.165) is 10.6 Å². The maximum absolute atomic E-state index is 12.1. The van der Waals surface area contributed by atoms with Gasteiger partial charge in [-0.3, -0.25) is 4.79 Å². The van der Waals surface area contributed by atoms with Gasteiger partial charge >= 0.3 is 0 Å². The van der Waals surface area contributed by atoms with Crippen LogP contribution in [0, 0.1) is 6.92 Å². The largest absolute Gasteiger partial charge is 0.380 e. The van der Waals surface area contributed by atoms with Gasteiger partial charge in [-0.15, -0.1) is 0 Å². The van der Waals surface area contributed by atoms with Gasteiger partial charge in [0.05, 0.1) is 5.69 Å². The van der Waals surface area contributed by atoms with Crippen molar-refractivity contribution in [3.63, 3.8) is 0 Å². The molecule has 0 aliphatic heterocycles. The van der Waals surface area contributed by atoms with Crippen molar-refractivity contribution in [2.75, 3.05) is 5.01 Å². The Balaban J connectivity index is 2.97. The highest BCUT2D eigenvalue weighted by Crippen LogP contribution is 2.21. The van der Waals surface area contributed by atoms with Crippen LogP contribution in [0.5, 0.6) is 0 Å². The molecule has 0 saturated carbocycles. The van der Waals surface area contributed by atoms with Crippen LogP contribution in [0.2, 0.25) is 0 Å². The molecule has 0 saturated heterocycles. The van der Waals surface area contributed by atoms with Gasteiger partial charge in [0, 0.05) is 0 Å². The lowest BCUT2D eigenvalue weighted by atomic mass is 9.96. The highest BCUT2D eigenvalue weighted by atomic mass is 16.3. The van der Waals surface area contributed by atoms with E-state index < -0.39 is 11.5 Å². The van der Waals surface area contributed by atoms with Crippen molar-refractivity contribution in [3.8, 4) is 0 Å². The number of nitrogens with two attached hydrogens (primary N) is 1. The highest BCUT2D eigenvalue weighted by molar-refractivity contribution is 5.98. The molecule has 1 aromatic carbocycles. The van der Waals surface area contributed by atoms with Crippen LogP contribution in [0.15, 0.2) is 24.3 Å². The molecule has 0 aromatic heterocycles. The average Bonchev–Trinajstić information content (AvgIpc) is 2.36. The fourth-order valence-electron chi connectivity index (χ4n) is 1.67. The summed E-state index contributed by atoms with van der Waals surface area (Å²) < 4.78 is 0. The summed E-state index contributed by atoms with van der Waals surface area (Å²) in [5, 5.41) is 11.2. The molecule has 94 valence electrons. The van der Waals surface area contributed by atoms with E-state index in [0.29, 0.717) is 18.5 Å². The summed E-state index contributed by atoms with van der Waals surface area (Å²) in [6.07, 6.45) is 0.698.